The molecular formula is C19H26FNO3. The van der Waals surface area contributed by atoms with Crippen LogP contribution in [0.5, 0.6) is 0 Å². The average molecular weight is 335 g/mol. The summed E-state index contributed by atoms with van der Waals surface area (Å²) in [4.78, 5) is 26.2. The standard InChI is InChI=1S/C19H26FNO3/c1-24-18(22)12-13-21(17-10-5-3-2-4-6-11-17)19(23)15-8-7-9-16(20)14-15/h7-9,14,17H,2-6,10-13H2,1H3. The van der Waals surface area contributed by atoms with Gasteiger partial charge in [0.1, 0.15) is 5.82 Å². The van der Waals surface area contributed by atoms with E-state index in [0.717, 1.165) is 25.7 Å². The van der Waals surface area contributed by atoms with Gasteiger partial charge in [-0.25, -0.2) is 4.39 Å². The Morgan fingerprint density at radius 3 is 2.46 bits per heavy atom. The molecule has 1 aromatic rings. The number of carbonyl (C=O) groups is 2. The molecule has 0 saturated heterocycles. The third-order valence-electron chi connectivity index (χ3n) is 4.63. The lowest BCUT2D eigenvalue weighted by molar-refractivity contribution is -0.140. The summed E-state index contributed by atoms with van der Waals surface area (Å²) in [5.74, 6) is -0.965. The van der Waals surface area contributed by atoms with E-state index < -0.39 is 5.82 Å². The first-order chi connectivity index (χ1) is 11.6. The van der Waals surface area contributed by atoms with Crippen molar-refractivity contribution in [2.45, 2.75) is 57.4 Å². The van der Waals surface area contributed by atoms with E-state index >= 15 is 0 Å². The summed E-state index contributed by atoms with van der Waals surface area (Å²) >= 11 is 0. The number of carbonyl (C=O) groups excluding carboxylic acids is 2. The van der Waals surface area contributed by atoms with Crippen LogP contribution in [-0.4, -0.2) is 36.5 Å². The second kappa shape index (κ2) is 9.40. The van der Waals surface area contributed by atoms with E-state index in [2.05, 4.69) is 0 Å². The van der Waals surface area contributed by atoms with Crippen LogP contribution in [0.25, 0.3) is 0 Å². The molecule has 1 saturated carbocycles. The van der Waals surface area contributed by atoms with Gasteiger partial charge in [0, 0.05) is 18.2 Å². The summed E-state index contributed by atoms with van der Waals surface area (Å²) in [5, 5.41) is 0. The van der Waals surface area contributed by atoms with Gasteiger partial charge in [0.05, 0.1) is 13.5 Å². The summed E-state index contributed by atoms with van der Waals surface area (Å²) in [6.45, 7) is 0.312. The molecule has 1 aliphatic carbocycles. The van der Waals surface area contributed by atoms with Crippen molar-refractivity contribution in [3.05, 3.63) is 35.6 Å². The second-order valence-electron chi connectivity index (χ2n) is 6.33. The Morgan fingerprint density at radius 2 is 1.83 bits per heavy atom. The maximum atomic E-state index is 13.5. The second-order valence-corrected chi connectivity index (χ2v) is 6.33. The lowest BCUT2D eigenvalue weighted by Crippen LogP contribution is -2.42. The van der Waals surface area contributed by atoms with Crippen LogP contribution in [0.2, 0.25) is 0 Å². The smallest absolute Gasteiger partial charge is 0.307 e. The number of hydrogen-bond acceptors (Lipinski definition) is 3. The third kappa shape index (κ3) is 5.32. The zero-order valence-electron chi connectivity index (χ0n) is 14.3. The van der Waals surface area contributed by atoms with Crippen LogP contribution in [0.15, 0.2) is 24.3 Å². The summed E-state index contributed by atoms with van der Waals surface area (Å²) in [6.07, 6.45) is 7.78. The number of methoxy groups -OCH3 is 1. The molecule has 132 valence electrons. The van der Waals surface area contributed by atoms with E-state index in [1.807, 2.05) is 0 Å². The molecule has 0 atom stereocenters. The van der Waals surface area contributed by atoms with Crippen molar-refractivity contribution in [2.24, 2.45) is 0 Å². The van der Waals surface area contributed by atoms with Gasteiger partial charge in [0.2, 0.25) is 0 Å². The zero-order valence-corrected chi connectivity index (χ0v) is 14.3. The highest BCUT2D eigenvalue weighted by Gasteiger charge is 2.26. The quantitative estimate of drug-likeness (QED) is 0.766. The van der Waals surface area contributed by atoms with Crippen molar-refractivity contribution in [3.63, 3.8) is 0 Å². The van der Waals surface area contributed by atoms with E-state index in [4.69, 9.17) is 4.74 Å². The van der Waals surface area contributed by atoms with Gasteiger partial charge in [0.25, 0.3) is 5.91 Å². The maximum Gasteiger partial charge on any atom is 0.307 e. The number of benzene rings is 1. The molecule has 0 N–H and O–H groups in total. The van der Waals surface area contributed by atoms with Crippen molar-refractivity contribution in [3.8, 4) is 0 Å². The molecule has 1 aliphatic rings. The van der Waals surface area contributed by atoms with Crippen LogP contribution >= 0.6 is 0 Å². The van der Waals surface area contributed by atoms with Crippen molar-refractivity contribution in [2.75, 3.05) is 13.7 Å². The van der Waals surface area contributed by atoms with Gasteiger partial charge in [0.15, 0.2) is 0 Å². The SMILES string of the molecule is COC(=O)CCN(C(=O)c1cccc(F)c1)C1CCCCCCC1. The average Bonchev–Trinajstić information content (AvgIpc) is 2.55. The van der Waals surface area contributed by atoms with Gasteiger partial charge in [-0.1, -0.05) is 38.2 Å². The molecule has 0 radical (unpaired) electrons. The molecule has 24 heavy (non-hydrogen) atoms. The first-order valence-corrected chi connectivity index (χ1v) is 8.75. The minimum atomic E-state index is -0.425. The Balaban J connectivity index is 2.16. The number of nitrogens with zero attached hydrogens (tertiary/aromatic N) is 1. The van der Waals surface area contributed by atoms with E-state index in [9.17, 15) is 14.0 Å². The monoisotopic (exact) mass is 335 g/mol. The topological polar surface area (TPSA) is 46.6 Å². The fraction of sp³-hybridized carbons (Fsp3) is 0.579. The molecule has 0 spiro atoms. The molecule has 4 nitrogen and oxygen atoms in total. The summed E-state index contributed by atoms with van der Waals surface area (Å²) in [7, 11) is 1.34. The molecular weight excluding hydrogens is 309 g/mol. The molecule has 0 unspecified atom stereocenters. The molecule has 0 heterocycles. The molecule has 1 aromatic carbocycles. The van der Waals surface area contributed by atoms with Crippen molar-refractivity contribution in [1.82, 2.24) is 4.90 Å². The third-order valence-corrected chi connectivity index (χ3v) is 4.63. The number of halogens is 1. The minimum absolute atomic E-state index is 0.103. The first-order valence-electron chi connectivity index (χ1n) is 8.75. The summed E-state index contributed by atoms with van der Waals surface area (Å²) in [5.41, 5.74) is 0.335. The van der Waals surface area contributed by atoms with E-state index in [-0.39, 0.29) is 24.3 Å². The predicted molar refractivity (Wildman–Crippen MR) is 90.2 cm³/mol. The molecule has 0 aromatic heterocycles. The highest BCUT2D eigenvalue weighted by Crippen LogP contribution is 2.23. The van der Waals surface area contributed by atoms with Crippen LogP contribution in [-0.2, 0) is 9.53 Å². The number of ether oxygens (including phenoxy) is 1. The van der Waals surface area contributed by atoms with Crippen LogP contribution in [0.1, 0.15) is 61.7 Å². The molecule has 1 fully saturated rings. The Morgan fingerprint density at radius 1 is 1.17 bits per heavy atom. The molecule has 2 rings (SSSR count). The van der Waals surface area contributed by atoms with E-state index in [1.165, 1.54) is 38.5 Å². The number of hydrogen-bond donors (Lipinski definition) is 0. The first kappa shape index (κ1) is 18.4. The molecule has 0 aliphatic heterocycles. The predicted octanol–water partition coefficient (Wildman–Crippen LogP) is 3.94. The van der Waals surface area contributed by atoms with E-state index in [1.54, 1.807) is 17.0 Å². The van der Waals surface area contributed by atoms with Crippen LogP contribution in [0.4, 0.5) is 4.39 Å². The van der Waals surface area contributed by atoms with Crippen LogP contribution in [0, 0.1) is 5.82 Å². The Kier molecular flexibility index (Phi) is 7.22. The minimum Gasteiger partial charge on any atom is -0.469 e. The highest BCUT2D eigenvalue weighted by molar-refractivity contribution is 5.94. The highest BCUT2D eigenvalue weighted by atomic mass is 19.1. The lowest BCUT2D eigenvalue weighted by Gasteiger charge is -2.33. The lowest BCUT2D eigenvalue weighted by atomic mass is 9.95. The van der Waals surface area contributed by atoms with Crippen LogP contribution in [0.3, 0.4) is 0 Å². The molecule has 0 bridgehead atoms. The van der Waals surface area contributed by atoms with E-state index in [0.29, 0.717) is 12.1 Å². The Bertz CT molecular complexity index is 553. The van der Waals surface area contributed by atoms with Crippen LogP contribution < -0.4 is 0 Å². The van der Waals surface area contributed by atoms with Gasteiger partial charge in [-0.15, -0.1) is 0 Å². The fourth-order valence-electron chi connectivity index (χ4n) is 3.30. The molecule has 1 amide bonds. The number of esters is 1. The largest absolute Gasteiger partial charge is 0.469 e. The summed E-state index contributed by atoms with van der Waals surface area (Å²) < 4.78 is 18.2. The fourth-order valence-corrected chi connectivity index (χ4v) is 3.30. The normalized spacial score (nSPS) is 16.1. The van der Waals surface area contributed by atoms with Gasteiger partial charge in [-0.05, 0) is 31.0 Å². The number of rotatable bonds is 5. The van der Waals surface area contributed by atoms with Gasteiger partial charge >= 0.3 is 5.97 Å². The van der Waals surface area contributed by atoms with Crippen molar-refractivity contribution in [1.29, 1.82) is 0 Å². The summed E-state index contributed by atoms with van der Waals surface area (Å²) in [6, 6.07) is 5.85. The van der Waals surface area contributed by atoms with Crippen molar-refractivity contribution >= 4 is 11.9 Å². The van der Waals surface area contributed by atoms with Gasteiger partial charge in [-0.3, -0.25) is 9.59 Å². The Labute approximate surface area is 143 Å². The zero-order chi connectivity index (χ0) is 17.4. The Hall–Kier alpha value is -1.91. The van der Waals surface area contributed by atoms with Gasteiger partial charge < -0.3 is 9.64 Å². The maximum absolute atomic E-state index is 13.5. The van der Waals surface area contributed by atoms with Crippen molar-refractivity contribution < 1.29 is 18.7 Å². The number of amides is 1. The van der Waals surface area contributed by atoms with Gasteiger partial charge in [-0.2, -0.15) is 0 Å². The molecule has 5 heteroatoms.